The molecule has 0 heterocycles. The van der Waals surface area contributed by atoms with Crippen molar-refractivity contribution in [2.75, 3.05) is 39.3 Å². The lowest BCUT2D eigenvalue weighted by Gasteiger charge is -2.28. The summed E-state index contributed by atoms with van der Waals surface area (Å²) in [5, 5.41) is 26.5. The average molecular weight is 595 g/mol. The number of amides is 1. The van der Waals surface area contributed by atoms with E-state index < -0.39 is 44.7 Å². The summed E-state index contributed by atoms with van der Waals surface area (Å²) in [6, 6.07) is 0.408. The highest BCUT2D eigenvalue weighted by molar-refractivity contribution is 8.13. The van der Waals surface area contributed by atoms with E-state index in [4.69, 9.17) is 10.6 Å². The van der Waals surface area contributed by atoms with Gasteiger partial charge in [-0.15, -0.1) is 5.16 Å². The molecule has 1 aromatic carbocycles. The van der Waals surface area contributed by atoms with Crippen molar-refractivity contribution in [1.29, 1.82) is 5.41 Å². The van der Waals surface area contributed by atoms with Crippen LogP contribution in [0.2, 0.25) is 0 Å². The Morgan fingerprint density at radius 1 is 1.07 bits per heavy atom. The summed E-state index contributed by atoms with van der Waals surface area (Å²) in [5.41, 5.74) is 0.118. The Bertz CT molecular complexity index is 965. The number of nitrogens with zero attached hydrogens (tertiary/aromatic N) is 2. The third-order valence-electron chi connectivity index (χ3n) is 5.62. The molecule has 0 fully saturated rings. The van der Waals surface area contributed by atoms with Crippen LogP contribution in [0.25, 0.3) is 0 Å². The van der Waals surface area contributed by atoms with Crippen LogP contribution in [-0.4, -0.2) is 83.9 Å². The molecule has 0 unspecified atom stereocenters. The maximum atomic E-state index is 13.7. The summed E-state index contributed by atoms with van der Waals surface area (Å²) in [6.45, 7) is 15.1. The van der Waals surface area contributed by atoms with Gasteiger partial charge in [-0.05, 0) is 39.5 Å². The van der Waals surface area contributed by atoms with E-state index in [0.717, 1.165) is 13.1 Å². The van der Waals surface area contributed by atoms with Gasteiger partial charge < -0.3 is 26.6 Å². The van der Waals surface area contributed by atoms with Crippen LogP contribution in [0.5, 0.6) is 0 Å². The van der Waals surface area contributed by atoms with Gasteiger partial charge in [0.2, 0.25) is 5.91 Å². The summed E-state index contributed by atoms with van der Waals surface area (Å²) < 4.78 is 54.0. The van der Waals surface area contributed by atoms with Gasteiger partial charge in [0.1, 0.15) is 0 Å². The first kappa shape index (κ1) is 37.5. The highest BCUT2D eigenvalue weighted by Gasteiger charge is 2.23. The van der Waals surface area contributed by atoms with Crippen molar-refractivity contribution in [3.05, 3.63) is 29.3 Å². The van der Waals surface area contributed by atoms with Crippen LogP contribution < -0.4 is 16.0 Å². The fourth-order valence-electron chi connectivity index (χ4n) is 2.97. The molecule has 9 nitrogen and oxygen atoms in total. The van der Waals surface area contributed by atoms with Crippen LogP contribution in [-0.2, 0) is 9.59 Å². The number of hydrogen-bond donors (Lipinski definition) is 5. The van der Waals surface area contributed by atoms with Gasteiger partial charge in [-0.1, -0.05) is 13.8 Å². The molecule has 0 atom stereocenters. The normalized spacial score (nSPS) is 11.6. The Labute approximate surface area is 238 Å². The molecule has 14 heteroatoms. The standard InChI is InChI=1S/C24H37F4N5O2S.C2H5NO/c1-15(2)30-8-11-33(13-10-32-24(4,5)16(3)29)12-9-31-19(34)6-7-20(35)36-23-21(27)17(25)14-18(26)22(23)28;1-2-3-4/h14-15,29-30,32H,6-13H2,1-5H3,(H,31,34);2,4H,1H3/b;3-2+. The molecule has 0 saturated carbocycles. The van der Waals surface area contributed by atoms with Crippen molar-refractivity contribution in [2.24, 2.45) is 5.16 Å². The first-order valence-electron chi connectivity index (χ1n) is 12.8. The van der Waals surface area contributed by atoms with Gasteiger partial charge in [-0.3, -0.25) is 14.5 Å². The summed E-state index contributed by atoms with van der Waals surface area (Å²) in [7, 11) is 0. The van der Waals surface area contributed by atoms with Gasteiger partial charge in [0.05, 0.1) is 10.4 Å². The van der Waals surface area contributed by atoms with Crippen LogP contribution in [0.4, 0.5) is 17.6 Å². The number of hydrogen-bond acceptors (Lipinski definition) is 9. The molecule has 0 bridgehead atoms. The lowest BCUT2D eigenvalue weighted by molar-refractivity contribution is -0.123. The number of carbonyl (C=O) groups excluding carboxylic acids is 2. The zero-order valence-corrected chi connectivity index (χ0v) is 24.8. The number of nitrogens with one attached hydrogen (secondary N) is 4. The van der Waals surface area contributed by atoms with Gasteiger partial charge in [0.25, 0.3) is 0 Å². The first-order valence-corrected chi connectivity index (χ1v) is 13.7. The second-order valence-electron chi connectivity index (χ2n) is 9.62. The maximum absolute atomic E-state index is 13.7. The van der Waals surface area contributed by atoms with Crippen LogP contribution >= 0.6 is 11.8 Å². The smallest absolute Gasteiger partial charge is 0.220 e. The van der Waals surface area contributed by atoms with E-state index >= 15 is 0 Å². The van der Waals surface area contributed by atoms with Crippen LogP contribution in [0.15, 0.2) is 16.1 Å². The number of rotatable bonds is 16. The minimum Gasteiger partial charge on any atom is -0.411 e. The van der Waals surface area contributed by atoms with E-state index in [1.165, 1.54) is 6.21 Å². The molecule has 0 saturated heterocycles. The number of carbonyl (C=O) groups is 2. The first-order chi connectivity index (χ1) is 18.7. The summed E-state index contributed by atoms with van der Waals surface area (Å²) in [4.78, 5) is 25.3. The molecule has 228 valence electrons. The molecule has 40 heavy (non-hydrogen) atoms. The van der Waals surface area contributed by atoms with E-state index in [-0.39, 0.29) is 30.7 Å². The van der Waals surface area contributed by atoms with Crippen LogP contribution in [0.3, 0.4) is 0 Å². The number of halogens is 4. The fraction of sp³-hybridized carbons (Fsp3) is 0.615. The van der Waals surface area contributed by atoms with E-state index in [1.807, 2.05) is 13.8 Å². The Hall–Kier alpha value is -2.55. The summed E-state index contributed by atoms with van der Waals surface area (Å²) >= 11 is 0.0340. The Morgan fingerprint density at radius 3 is 2.10 bits per heavy atom. The Balaban J connectivity index is 0.00000354. The quantitative estimate of drug-likeness (QED) is 0.0490. The predicted octanol–water partition coefficient (Wildman–Crippen LogP) is 3.93. The van der Waals surface area contributed by atoms with Crippen molar-refractivity contribution >= 4 is 34.7 Å². The number of oxime groups is 1. The lowest BCUT2D eigenvalue weighted by Crippen LogP contribution is -2.49. The third kappa shape index (κ3) is 15.3. The molecule has 0 aliphatic rings. The molecule has 1 rings (SSSR count). The summed E-state index contributed by atoms with van der Waals surface area (Å²) in [6.07, 6.45) is 0.730. The second kappa shape index (κ2) is 19.5. The minimum atomic E-state index is -1.64. The molecule has 1 aromatic rings. The van der Waals surface area contributed by atoms with Gasteiger partial charge >= 0.3 is 0 Å². The molecule has 0 aliphatic carbocycles. The third-order valence-corrected chi connectivity index (χ3v) is 6.62. The highest BCUT2D eigenvalue weighted by Crippen LogP contribution is 2.30. The lowest BCUT2D eigenvalue weighted by atomic mass is 10.00. The van der Waals surface area contributed by atoms with E-state index in [0.29, 0.717) is 37.9 Å². The molecular formula is C26H42F4N6O3S. The van der Waals surface area contributed by atoms with Crippen molar-refractivity contribution < 1.29 is 32.4 Å². The predicted molar refractivity (Wildman–Crippen MR) is 150 cm³/mol. The number of benzene rings is 1. The Morgan fingerprint density at radius 2 is 1.60 bits per heavy atom. The molecule has 1 amide bonds. The largest absolute Gasteiger partial charge is 0.411 e. The minimum absolute atomic E-state index is 0.0340. The SMILES string of the molecule is C/C=N/O.CC(=N)C(C)(C)NCCN(CCNC(=O)CCC(=O)Sc1c(F)c(F)cc(F)c1F)CCNC(C)C. The van der Waals surface area contributed by atoms with E-state index in [1.54, 1.807) is 13.8 Å². The van der Waals surface area contributed by atoms with Crippen molar-refractivity contribution in [1.82, 2.24) is 20.9 Å². The zero-order valence-electron chi connectivity index (χ0n) is 24.0. The second-order valence-corrected chi connectivity index (χ2v) is 10.7. The van der Waals surface area contributed by atoms with Crippen LogP contribution in [0.1, 0.15) is 54.4 Å². The van der Waals surface area contributed by atoms with Crippen LogP contribution in [0, 0.1) is 28.7 Å². The van der Waals surface area contributed by atoms with Crippen molar-refractivity contribution in [3.63, 3.8) is 0 Å². The maximum Gasteiger partial charge on any atom is 0.220 e. The van der Waals surface area contributed by atoms with Crippen molar-refractivity contribution in [2.45, 2.75) is 70.9 Å². The zero-order chi connectivity index (χ0) is 30.9. The molecule has 0 spiro atoms. The monoisotopic (exact) mass is 594 g/mol. The number of thioether (sulfide) groups is 1. The van der Waals surface area contributed by atoms with Gasteiger partial charge in [-0.25, -0.2) is 17.6 Å². The topological polar surface area (TPSA) is 130 Å². The van der Waals surface area contributed by atoms with E-state index in [9.17, 15) is 27.2 Å². The Kier molecular flexibility index (Phi) is 18.3. The fourth-order valence-corrected chi connectivity index (χ4v) is 3.77. The van der Waals surface area contributed by atoms with Crippen molar-refractivity contribution in [3.8, 4) is 0 Å². The van der Waals surface area contributed by atoms with Gasteiger partial charge in [-0.2, -0.15) is 0 Å². The molecule has 5 N–H and O–H groups in total. The highest BCUT2D eigenvalue weighted by atomic mass is 32.2. The summed E-state index contributed by atoms with van der Waals surface area (Å²) in [5.74, 6) is -6.90. The average Bonchev–Trinajstić information content (AvgIpc) is 2.88. The van der Waals surface area contributed by atoms with E-state index in [2.05, 4.69) is 39.9 Å². The molecule has 0 aromatic heterocycles. The van der Waals surface area contributed by atoms with Gasteiger partial charge in [0.15, 0.2) is 28.4 Å². The molecule has 0 radical (unpaired) electrons. The molecule has 0 aliphatic heterocycles. The molecular weight excluding hydrogens is 552 g/mol. The van der Waals surface area contributed by atoms with Gasteiger partial charge in [0, 0.05) is 76.1 Å².